The molecule has 1 aromatic heterocycles. The molecule has 0 radical (unpaired) electrons. The minimum Gasteiger partial charge on any atom is -0.385 e. The zero-order valence-corrected chi connectivity index (χ0v) is 16.4. The van der Waals surface area contributed by atoms with E-state index in [1.165, 1.54) is 25.0 Å². The summed E-state index contributed by atoms with van der Waals surface area (Å²) in [7, 11) is 1.78. The molecule has 6 nitrogen and oxygen atoms in total. The van der Waals surface area contributed by atoms with Crippen LogP contribution in [0.2, 0.25) is 0 Å². The topological polar surface area (TPSA) is 63.5 Å². The fraction of sp³-hybridized carbons (Fsp3) is 0.789. The number of nitrogens with zero attached hydrogens (tertiary/aromatic N) is 3. The van der Waals surface area contributed by atoms with Gasteiger partial charge in [0.25, 0.3) is 0 Å². The van der Waals surface area contributed by atoms with E-state index in [9.17, 15) is 0 Å². The van der Waals surface area contributed by atoms with Crippen LogP contribution >= 0.6 is 0 Å². The number of guanidine groups is 1. The lowest BCUT2D eigenvalue weighted by atomic mass is 9.67. The number of methoxy groups -OCH3 is 1. The maximum absolute atomic E-state index is 5.27. The molecule has 0 atom stereocenters. The number of ether oxygens (including phenoxy) is 1. The van der Waals surface area contributed by atoms with Crippen LogP contribution < -0.4 is 10.6 Å². The maximum Gasteiger partial charge on any atom is 0.191 e. The Kier molecular flexibility index (Phi) is 7.75. The number of aryl methyl sites for hydroxylation is 3. The molecule has 1 aliphatic carbocycles. The molecule has 142 valence electrons. The Labute approximate surface area is 152 Å². The zero-order chi connectivity index (χ0) is 18.1. The van der Waals surface area contributed by atoms with Gasteiger partial charge in [-0.2, -0.15) is 5.10 Å². The third-order valence-electron chi connectivity index (χ3n) is 5.11. The second-order valence-corrected chi connectivity index (χ2v) is 7.22. The SMILES string of the molecule is CCNC(=NCC1(CCOC)CCC1)NCCCn1nc(C)cc1C. The van der Waals surface area contributed by atoms with Crippen molar-refractivity contribution in [1.82, 2.24) is 20.4 Å². The van der Waals surface area contributed by atoms with Gasteiger partial charge in [-0.3, -0.25) is 9.67 Å². The van der Waals surface area contributed by atoms with E-state index in [1.54, 1.807) is 7.11 Å². The van der Waals surface area contributed by atoms with E-state index in [1.807, 2.05) is 6.92 Å². The summed E-state index contributed by atoms with van der Waals surface area (Å²) in [5, 5.41) is 11.3. The molecular weight excluding hydrogens is 314 g/mol. The van der Waals surface area contributed by atoms with Crippen LogP contribution in [0.25, 0.3) is 0 Å². The molecular formula is C19H35N5O. The Morgan fingerprint density at radius 1 is 1.36 bits per heavy atom. The predicted molar refractivity (Wildman–Crippen MR) is 103 cm³/mol. The third-order valence-corrected chi connectivity index (χ3v) is 5.11. The van der Waals surface area contributed by atoms with Gasteiger partial charge in [-0.05, 0) is 57.9 Å². The maximum atomic E-state index is 5.27. The molecule has 0 unspecified atom stereocenters. The van der Waals surface area contributed by atoms with Gasteiger partial charge < -0.3 is 15.4 Å². The highest BCUT2D eigenvalue weighted by Gasteiger charge is 2.36. The molecule has 1 heterocycles. The Hall–Kier alpha value is -1.56. The van der Waals surface area contributed by atoms with Crippen LogP contribution in [-0.4, -0.2) is 49.1 Å². The summed E-state index contributed by atoms with van der Waals surface area (Å²) in [4.78, 5) is 4.84. The van der Waals surface area contributed by atoms with Crippen LogP contribution in [0.3, 0.4) is 0 Å². The smallest absolute Gasteiger partial charge is 0.191 e. The largest absolute Gasteiger partial charge is 0.385 e. The van der Waals surface area contributed by atoms with Crippen molar-refractivity contribution < 1.29 is 4.74 Å². The Morgan fingerprint density at radius 2 is 2.16 bits per heavy atom. The quantitative estimate of drug-likeness (QED) is 0.387. The van der Waals surface area contributed by atoms with Crippen molar-refractivity contribution in [2.45, 2.75) is 59.4 Å². The standard InChI is InChI=1S/C19H35N5O/c1-5-20-18(22-15-19(8-6-9-19)10-13-25-4)21-11-7-12-24-17(3)14-16(2)23-24/h14H,5-13,15H2,1-4H3,(H2,20,21,22). The summed E-state index contributed by atoms with van der Waals surface area (Å²) in [5.74, 6) is 0.930. The van der Waals surface area contributed by atoms with Crippen molar-refractivity contribution >= 4 is 5.96 Å². The van der Waals surface area contributed by atoms with E-state index in [-0.39, 0.29) is 0 Å². The molecule has 0 bridgehead atoms. The van der Waals surface area contributed by atoms with Crippen molar-refractivity contribution in [2.24, 2.45) is 10.4 Å². The number of rotatable bonds is 10. The first-order valence-electron chi connectivity index (χ1n) is 9.61. The van der Waals surface area contributed by atoms with Crippen molar-refractivity contribution in [1.29, 1.82) is 0 Å². The van der Waals surface area contributed by atoms with Crippen molar-refractivity contribution in [3.05, 3.63) is 17.5 Å². The number of aliphatic imine (C=N–C) groups is 1. The highest BCUT2D eigenvalue weighted by Crippen LogP contribution is 2.44. The van der Waals surface area contributed by atoms with E-state index in [0.717, 1.165) is 57.3 Å². The summed E-state index contributed by atoms with van der Waals surface area (Å²) < 4.78 is 7.35. The fourth-order valence-corrected chi connectivity index (χ4v) is 3.41. The fourth-order valence-electron chi connectivity index (χ4n) is 3.41. The first-order valence-corrected chi connectivity index (χ1v) is 9.61. The lowest BCUT2D eigenvalue weighted by molar-refractivity contribution is 0.0778. The Bertz CT molecular complexity index is 548. The summed E-state index contributed by atoms with van der Waals surface area (Å²) in [6.07, 6.45) is 6.02. The number of aromatic nitrogens is 2. The van der Waals surface area contributed by atoms with Crippen LogP contribution in [0, 0.1) is 19.3 Å². The normalized spacial score (nSPS) is 16.6. The van der Waals surface area contributed by atoms with Crippen molar-refractivity contribution in [3.8, 4) is 0 Å². The number of hydrogen-bond acceptors (Lipinski definition) is 3. The average Bonchev–Trinajstić information content (AvgIpc) is 2.87. The first-order chi connectivity index (χ1) is 12.1. The molecule has 1 saturated carbocycles. The minimum absolute atomic E-state index is 0.363. The van der Waals surface area contributed by atoms with Crippen LogP contribution in [0.1, 0.15) is 50.4 Å². The van der Waals surface area contributed by atoms with Crippen LogP contribution in [0.4, 0.5) is 0 Å². The molecule has 1 aromatic rings. The van der Waals surface area contributed by atoms with Gasteiger partial charge in [0.05, 0.1) is 5.69 Å². The average molecular weight is 350 g/mol. The molecule has 0 saturated heterocycles. The van der Waals surface area contributed by atoms with Gasteiger partial charge in [-0.15, -0.1) is 0 Å². The molecule has 2 rings (SSSR count). The van der Waals surface area contributed by atoms with E-state index < -0.39 is 0 Å². The molecule has 25 heavy (non-hydrogen) atoms. The molecule has 1 aliphatic rings. The molecule has 0 aromatic carbocycles. The van der Waals surface area contributed by atoms with Gasteiger partial charge in [0, 0.05) is 45.6 Å². The first kappa shape index (κ1) is 19.8. The lowest BCUT2D eigenvalue weighted by Gasteiger charge is -2.40. The second kappa shape index (κ2) is 9.80. The van der Waals surface area contributed by atoms with Crippen LogP contribution in [0.5, 0.6) is 0 Å². The lowest BCUT2D eigenvalue weighted by Crippen LogP contribution is -2.40. The third kappa shape index (κ3) is 6.03. The van der Waals surface area contributed by atoms with Crippen molar-refractivity contribution in [3.63, 3.8) is 0 Å². The van der Waals surface area contributed by atoms with Gasteiger partial charge in [0.2, 0.25) is 0 Å². The van der Waals surface area contributed by atoms with Gasteiger partial charge in [-0.1, -0.05) is 6.42 Å². The second-order valence-electron chi connectivity index (χ2n) is 7.22. The Balaban J connectivity index is 1.78. The summed E-state index contributed by atoms with van der Waals surface area (Å²) in [5.41, 5.74) is 2.67. The number of hydrogen-bond donors (Lipinski definition) is 2. The van der Waals surface area contributed by atoms with Crippen molar-refractivity contribution in [2.75, 3.05) is 33.4 Å². The summed E-state index contributed by atoms with van der Waals surface area (Å²) in [6.45, 7) is 10.7. The van der Waals surface area contributed by atoms with E-state index >= 15 is 0 Å². The number of nitrogens with one attached hydrogen (secondary N) is 2. The summed E-state index contributed by atoms with van der Waals surface area (Å²) >= 11 is 0. The zero-order valence-electron chi connectivity index (χ0n) is 16.4. The minimum atomic E-state index is 0.363. The molecule has 1 fully saturated rings. The molecule has 6 heteroatoms. The highest BCUT2D eigenvalue weighted by atomic mass is 16.5. The van der Waals surface area contributed by atoms with Crippen LogP contribution in [-0.2, 0) is 11.3 Å². The van der Waals surface area contributed by atoms with Gasteiger partial charge in [0.1, 0.15) is 0 Å². The predicted octanol–water partition coefficient (Wildman–Crippen LogP) is 2.65. The molecule has 2 N–H and O–H groups in total. The molecule has 0 amide bonds. The van der Waals surface area contributed by atoms with Gasteiger partial charge in [0.15, 0.2) is 5.96 Å². The van der Waals surface area contributed by atoms with Gasteiger partial charge in [-0.25, -0.2) is 0 Å². The van der Waals surface area contributed by atoms with E-state index in [0.29, 0.717) is 5.41 Å². The van der Waals surface area contributed by atoms with Crippen LogP contribution in [0.15, 0.2) is 11.1 Å². The Morgan fingerprint density at radius 3 is 2.72 bits per heavy atom. The molecule has 0 aliphatic heterocycles. The van der Waals surface area contributed by atoms with Gasteiger partial charge >= 0.3 is 0 Å². The van der Waals surface area contributed by atoms with E-state index in [4.69, 9.17) is 9.73 Å². The highest BCUT2D eigenvalue weighted by molar-refractivity contribution is 5.79. The monoisotopic (exact) mass is 349 g/mol. The van der Waals surface area contributed by atoms with E-state index in [2.05, 4.69) is 40.3 Å². The summed E-state index contributed by atoms with van der Waals surface area (Å²) in [6, 6.07) is 2.12. The molecule has 0 spiro atoms.